The van der Waals surface area contributed by atoms with Gasteiger partial charge in [-0.15, -0.1) is 11.6 Å². The summed E-state index contributed by atoms with van der Waals surface area (Å²) < 4.78 is 0. The lowest BCUT2D eigenvalue weighted by Crippen LogP contribution is -2.41. The second kappa shape index (κ2) is 7.54. The molecule has 0 saturated carbocycles. The van der Waals surface area contributed by atoms with Gasteiger partial charge in [-0.25, -0.2) is 0 Å². The largest absolute Gasteiger partial charge is 0.345 e. The van der Waals surface area contributed by atoms with Gasteiger partial charge in [0.05, 0.1) is 5.41 Å². The maximum atomic E-state index is 12.5. The molecule has 106 valence electrons. The molecule has 0 N–H and O–H groups in total. The summed E-state index contributed by atoms with van der Waals surface area (Å²) in [6, 6.07) is 9.95. The highest BCUT2D eigenvalue weighted by molar-refractivity contribution is 6.17. The van der Waals surface area contributed by atoms with Crippen molar-refractivity contribution in [2.45, 2.75) is 38.5 Å². The lowest BCUT2D eigenvalue weighted by Gasteiger charge is -2.30. The number of alkyl halides is 1. The maximum absolute atomic E-state index is 12.5. The molecule has 1 amide bonds. The lowest BCUT2D eigenvalue weighted by atomic mass is 9.83. The Hall–Kier alpha value is -1.02. The molecule has 0 aliphatic heterocycles. The first-order valence-corrected chi connectivity index (χ1v) is 7.40. The third kappa shape index (κ3) is 4.54. The SMILES string of the molecule is CN(CCCCCCl)C(=O)C(C)(C)c1ccccc1. The second-order valence-electron chi connectivity index (χ2n) is 5.47. The van der Waals surface area contributed by atoms with Crippen LogP contribution in [-0.4, -0.2) is 30.3 Å². The average molecular weight is 282 g/mol. The van der Waals surface area contributed by atoms with Crippen molar-refractivity contribution in [3.8, 4) is 0 Å². The quantitative estimate of drug-likeness (QED) is 0.549. The van der Waals surface area contributed by atoms with Gasteiger partial charge >= 0.3 is 0 Å². The van der Waals surface area contributed by atoms with E-state index in [1.54, 1.807) is 0 Å². The number of carbonyl (C=O) groups excluding carboxylic acids is 1. The molecule has 0 heterocycles. The molecule has 1 rings (SSSR count). The fourth-order valence-electron chi connectivity index (χ4n) is 2.18. The van der Waals surface area contributed by atoms with Crippen molar-refractivity contribution in [1.82, 2.24) is 4.90 Å². The van der Waals surface area contributed by atoms with Crippen LogP contribution in [0.4, 0.5) is 0 Å². The fourth-order valence-corrected chi connectivity index (χ4v) is 2.37. The van der Waals surface area contributed by atoms with Crippen molar-refractivity contribution in [3.63, 3.8) is 0 Å². The van der Waals surface area contributed by atoms with Crippen LogP contribution in [0.2, 0.25) is 0 Å². The Bertz CT molecular complexity index is 389. The zero-order valence-electron chi connectivity index (χ0n) is 12.2. The first kappa shape index (κ1) is 16.0. The molecular weight excluding hydrogens is 258 g/mol. The van der Waals surface area contributed by atoms with E-state index in [-0.39, 0.29) is 5.91 Å². The molecule has 0 atom stereocenters. The summed E-state index contributed by atoms with van der Waals surface area (Å²) in [7, 11) is 1.88. The Morgan fingerprint density at radius 3 is 2.37 bits per heavy atom. The fraction of sp³-hybridized carbons (Fsp3) is 0.562. The van der Waals surface area contributed by atoms with Crippen LogP contribution in [0.3, 0.4) is 0 Å². The van der Waals surface area contributed by atoms with Crippen LogP contribution in [0.15, 0.2) is 30.3 Å². The highest BCUT2D eigenvalue weighted by atomic mass is 35.5. The van der Waals surface area contributed by atoms with Gasteiger partial charge in [-0.1, -0.05) is 36.8 Å². The minimum Gasteiger partial charge on any atom is -0.345 e. The van der Waals surface area contributed by atoms with Crippen molar-refractivity contribution in [1.29, 1.82) is 0 Å². The van der Waals surface area contributed by atoms with Gasteiger partial charge in [-0.3, -0.25) is 4.79 Å². The van der Waals surface area contributed by atoms with Crippen molar-refractivity contribution >= 4 is 17.5 Å². The summed E-state index contributed by atoms with van der Waals surface area (Å²) in [5.41, 5.74) is 0.593. The van der Waals surface area contributed by atoms with E-state index in [0.29, 0.717) is 5.88 Å². The van der Waals surface area contributed by atoms with Crippen LogP contribution in [0.25, 0.3) is 0 Å². The van der Waals surface area contributed by atoms with Gasteiger partial charge in [0.15, 0.2) is 0 Å². The summed E-state index contributed by atoms with van der Waals surface area (Å²) in [6.45, 7) is 4.77. The van der Waals surface area contributed by atoms with Gasteiger partial charge in [-0.2, -0.15) is 0 Å². The summed E-state index contributed by atoms with van der Waals surface area (Å²) in [5, 5.41) is 0. The van der Waals surface area contributed by atoms with E-state index in [2.05, 4.69) is 0 Å². The molecule has 0 spiro atoms. The van der Waals surface area contributed by atoms with Crippen LogP contribution in [-0.2, 0) is 10.2 Å². The van der Waals surface area contributed by atoms with E-state index in [9.17, 15) is 4.79 Å². The molecule has 0 aliphatic carbocycles. The van der Waals surface area contributed by atoms with E-state index in [1.165, 1.54) is 0 Å². The molecule has 1 aromatic carbocycles. The summed E-state index contributed by atoms with van der Waals surface area (Å²) in [5.74, 6) is 0.872. The zero-order valence-corrected chi connectivity index (χ0v) is 12.9. The van der Waals surface area contributed by atoms with Gasteiger partial charge in [0, 0.05) is 19.5 Å². The van der Waals surface area contributed by atoms with E-state index in [1.807, 2.05) is 56.1 Å². The average Bonchev–Trinajstić information content (AvgIpc) is 2.43. The molecule has 19 heavy (non-hydrogen) atoms. The first-order chi connectivity index (χ1) is 9.00. The highest BCUT2D eigenvalue weighted by Gasteiger charge is 2.31. The van der Waals surface area contributed by atoms with Crippen LogP contribution in [0, 0.1) is 0 Å². The lowest BCUT2D eigenvalue weighted by molar-refractivity contribution is -0.135. The number of nitrogens with zero attached hydrogens (tertiary/aromatic N) is 1. The van der Waals surface area contributed by atoms with E-state index in [0.717, 1.165) is 31.4 Å². The zero-order chi connectivity index (χ0) is 14.3. The Balaban J connectivity index is 2.60. The van der Waals surface area contributed by atoms with Crippen molar-refractivity contribution in [3.05, 3.63) is 35.9 Å². The third-order valence-electron chi connectivity index (χ3n) is 3.50. The highest BCUT2D eigenvalue weighted by Crippen LogP contribution is 2.25. The Labute approximate surface area is 121 Å². The minimum absolute atomic E-state index is 0.171. The molecule has 0 unspecified atom stereocenters. The van der Waals surface area contributed by atoms with Crippen LogP contribution >= 0.6 is 11.6 Å². The van der Waals surface area contributed by atoms with Gasteiger partial charge in [0.2, 0.25) is 5.91 Å². The second-order valence-corrected chi connectivity index (χ2v) is 5.85. The summed E-state index contributed by atoms with van der Waals surface area (Å²) >= 11 is 5.65. The molecule has 1 aromatic rings. The molecule has 0 fully saturated rings. The number of carbonyl (C=O) groups is 1. The van der Waals surface area contributed by atoms with Gasteiger partial charge in [-0.05, 0) is 32.3 Å². The number of hydrogen-bond donors (Lipinski definition) is 0. The molecule has 0 bridgehead atoms. The Kier molecular flexibility index (Phi) is 6.36. The molecule has 0 radical (unpaired) electrons. The number of unbranched alkanes of at least 4 members (excludes halogenated alkanes) is 2. The standard InChI is InChI=1S/C16H24ClNO/c1-16(2,14-10-6-4-7-11-14)15(19)18(3)13-9-5-8-12-17/h4,6-7,10-11H,5,8-9,12-13H2,1-3H3. The van der Waals surface area contributed by atoms with Crippen molar-refractivity contribution in [2.75, 3.05) is 19.5 Å². The molecule has 3 heteroatoms. The number of halogens is 1. The van der Waals surface area contributed by atoms with E-state index in [4.69, 9.17) is 11.6 Å². The van der Waals surface area contributed by atoms with Gasteiger partial charge in [0.25, 0.3) is 0 Å². The first-order valence-electron chi connectivity index (χ1n) is 6.87. The van der Waals surface area contributed by atoms with Crippen molar-refractivity contribution < 1.29 is 4.79 Å². The minimum atomic E-state index is -0.470. The van der Waals surface area contributed by atoms with Crippen molar-refractivity contribution in [2.24, 2.45) is 0 Å². The van der Waals surface area contributed by atoms with E-state index < -0.39 is 5.41 Å². The molecule has 0 aliphatic rings. The van der Waals surface area contributed by atoms with Gasteiger partial charge in [0.1, 0.15) is 0 Å². The normalized spacial score (nSPS) is 11.4. The molecule has 2 nitrogen and oxygen atoms in total. The summed E-state index contributed by atoms with van der Waals surface area (Å²) in [4.78, 5) is 14.4. The van der Waals surface area contributed by atoms with Gasteiger partial charge < -0.3 is 4.90 Å². The molecule has 0 aromatic heterocycles. The molecule has 0 saturated heterocycles. The number of rotatable bonds is 7. The van der Waals surface area contributed by atoms with Crippen LogP contribution < -0.4 is 0 Å². The predicted molar refractivity (Wildman–Crippen MR) is 81.7 cm³/mol. The number of benzene rings is 1. The monoisotopic (exact) mass is 281 g/mol. The number of hydrogen-bond acceptors (Lipinski definition) is 1. The topological polar surface area (TPSA) is 20.3 Å². The van der Waals surface area contributed by atoms with Crippen LogP contribution in [0.5, 0.6) is 0 Å². The number of likely N-dealkylation sites (N-methyl/N-ethyl adjacent to an activating group) is 1. The Morgan fingerprint density at radius 1 is 1.16 bits per heavy atom. The van der Waals surface area contributed by atoms with Crippen LogP contribution in [0.1, 0.15) is 38.7 Å². The maximum Gasteiger partial charge on any atom is 0.232 e. The van der Waals surface area contributed by atoms with E-state index >= 15 is 0 Å². The summed E-state index contributed by atoms with van der Waals surface area (Å²) in [6.07, 6.45) is 3.11. The number of amides is 1. The predicted octanol–water partition coefficient (Wildman–Crippen LogP) is 3.83. The molecular formula is C16H24ClNO. The third-order valence-corrected chi connectivity index (χ3v) is 3.77. The Morgan fingerprint density at radius 2 is 1.79 bits per heavy atom. The smallest absolute Gasteiger partial charge is 0.232 e.